The van der Waals surface area contributed by atoms with Crippen LogP contribution in [0, 0.1) is 0 Å². The van der Waals surface area contributed by atoms with Crippen LogP contribution in [0.3, 0.4) is 0 Å². The van der Waals surface area contributed by atoms with Crippen LogP contribution in [0.25, 0.3) is 32.3 Å². The maximum atomic E-state index is 14.8. The van der Waals surface area contributed by atoms with Crippen LogP contribution in [0.5, 0.6) is 0 Å². The van der Waals surface area contributed by atoms with Crippen LogP contribution in [-0.4, -0.2) is 75.5 Å². The monoisotopic (exact) mass is 1330 g/mol. The third kappa shape index (κ3) is 32.4. The first-order valence-electron chi connectivity index (χ1n) is 39.6. The highest BCUT2D eigenvalue weighted by Gasteiger charge is 2.29. The summed E-state index contributed by atoms with van der Waals surface area (Å²) in [6.07, 6.45) is 50.8. The van der Waals surface area contributed by atoms with Crippen LogP contribution in [-0.2, 0) is 28.4 Å². The SMILES string of the molecule is CCCCCCCCCCOC(=O)c1cc2c3cc(C(=O)OCCCCCCCCCC)c(C(=O)OCCCCCCCCCC)cc3c3cc(C(=O)OCCCCCCCCCC)c(C(=O)OCCCCCCCCCC)cc3c2cc1C(=O)OCCCCCCCCCC. The molecule has 0 N–H and O–H groups in total. The zero-order chi connectivity index (χ0) is 69.1. The van der Waals surface area contributed by atoms with E-state index in [4.69, 9.17) is 28.4 Å². The number of fused-ring (bicyclic) bond motifs is 6. The number of unbranched alkanes of at least 4 members (excludes halogenated alkanes) is 42. The van der Waals surface area contributed by atoms with Gasteiger partial charge in [0.2, 0.25) is 0 Å². The van der Waals surface area contributed by atoms with Crippen LogP contribution >= 0.6 is 0 Å². The Labute approximate surface area is 581 Å². The van der Waals surface area contributed by atoms with Crippen molar-refractivity contribution < 1.29 is 57.2 Å². The van der Waals surface area contributed by atoms with Crippen LogP contribution in [0.4, 0.5) is 0 Å². The standard InChI is InChI=1S/C84H132O12/c1-7-13-19-25-31-37-43-49-55-91-79(85)73-61-67-68(62-74(73)80(86)92-56-50-44-38-32-26-20-14-8-2)70-64-76(82(88)94-58-52-46-40-34-28-22-16-10-4)78(84(90)96-60-54-48-42-36-30-24-18-12-6)66-72(70)71-65-77(83(89)95-59-53-47-41-35-29-23-17-11-5)75(63-69(67)71)81(87)93-57-51-45-39-33-27-21-15-9-3/h61-66H,7-60H2,1-6H3. The van der Waals surface area contributed by atoms with Gasteiger partial charge in [0.05, 0.1) is 73.0 Å². The highest BCUT2D eigenvalue weighted by Crippen LogP contribution is 2.41. The lowest BCUT2D eigenvalue weighted by Gasteiger charge is -2.19. The van der Waals surface area contributed by atoms with Gasteiger partial charge in [-0.05, 0) is 107 Å². The molecule has 4 rings (SSSR count). The van der Waals surface area contributed by atoms with E-state index in [9.17, 15) is 28.8 Å². The first kappa shape index (κ1) is 82.9. The van der Waals surface area contributed by atoms with Gasteiger partial charge in [0.15, 0.2) is 0 Å². The van der Waals surface area contributed by atoms with Crippen molar-refractivity contribution in [1.82, 2.24) is 0 Å². The minimum Gasteiger partial charge on any atom is -0.462 e. The van der Waals surface area contributed by atoms with Gasteiger partial charge in [-0.1, -0.05) is 311 Å². The highest BCUT2D eigenvalue weighted by molar-refractivity contribution is 6.30. The summed E-state index contributed by atoms with van der Waals surface area (Å²) >= 11 is 0. The molecular weight excluding hydrogens is 1200 g/mol. The van der Waals surface area contributed by atoms with Crippen molar-refractivity contribution in [1.29, 1.82) is 0 Å². The summed E-state index contributed by atoms with van der Waals surface area (Å²) in [5.74, 6) is -4.18. The molecule has 0 atom stereocenters. The van der Waals surface area contributed by atoms with Gasteiger partial charge in [0.1, 0.15) is 0 Å². The molecule has 0 aromatic heterocycles. The molecule has 96 heavy (non-hydrogen) atoms. The van der Waals surface area contributed by atoms with Crippen molar-refractivity contribution in [2.24, 2.45) is 0 Å². The fourth-order valence-corrected chi connectivity index (χ4v) is 13.0. The fraction of sp³-hybridized carbons (Fsp3) is 0.714. The number of hydrogen-bond acceptors (Lipinski definition) is 12. The lowest BCUT2D eigenvalue weighted by atomic mass is 9.87. The molecule has 0 spiro atoms. The van der Waals surface area contributed by atoms with Crippen molar-refractivity contribution in [3.05, 3.63) is 69.8 Å². The summed E-state index contributed by atoms with van der Waals surface area (Å²) in [5, 5.41) is 2.64. The Balaban J connectivity index is 1.98. The molecule has 540 valence electrons. The molecule has 0 heterocycles. The number of carbonyl (C=O) groups is 6. The van der Waals surface area contributed by atoms with Crippen LogP contribution in [0.2, 0.25) is 0 Å². The second-order valence-electron chi connectivity index (χ2n) is 27.5. The average Bonchev–Trinajstić information content (AvgIpc) is 0.721. The van der Waals surface area contributed by atoms with E-state index in [0.29, 0.717) is 70.8 Å². The number of esters is 6. The van der Waals surface area contributed by atoms with Gasteiger partial charge in [-0.25, -0.2) is 28.8 Å². The molecule has 12 nitrogen and oxygen atoms in total. The summed E-state index contributed by atoms with van der Waals surface area (Å²) < 4.78 is 36.4. The van der Waals surface area contributed by atoms with Gasteiger partial charge in [0.25, 0.3) is 0 Å². The summed E-state index contributed by atoms with van der Waals surface area (Å²) in [7, 11) is 0. The molecule has 0 amide bonds. The quantitative estimate of drug-likeness (QED) is 0.0179. The van der Waals surface area contributed by atoms with E-state index in [2.05, 4.69) is 41.5 Å². The largest absolute Gasteiger partial charge is 0.462 e. The van der Waals surface area contributed by atoms with E-state index in [1.807, 2.05) is 0 Å². The Morgan fingerprint density at radius 3 is 0.396 bits per heavy atom. The molecule has 0 saturated carbocycles. The van der Waals surface area contributed by atoms with Crippen molar-refractivity contribution in [3.8, 4) is 0 Å². The molecular formula is C84H132O12. The minimum absolute atomic E-state index is 0.0116. The maximum Gasteiger partial charge on any atom is 0.339 e. The summed E-state index contributed by atoms with van der Waals surface area (Å²) in [6.45, 7) is 14.2. The number of carbonyl (C=O) groups excluding carboxylic acids is 6. The predicted octanol–water partition coefficient (Wildman–Crippen LogP) is 24.9. The molecule has 0 bridgehead atoms. The van der Waals surface area contributed by atoms with Gasteiger partial charge in [-0.15, -0.1) is 0 Å². The predicted molar refractivity (Wildman–Crippen MR) is 396 cm³/mol. The Hall–Kier alpha value is -5.52. The Bertz CT molecular complexity index is 2300. The summed E-state index contributed by atoms with van der Waals surface area (Å²) in [4.78, 5) is 88.5. The molecule has 0 fully saturated rings. The molecule has 4 aromatic rings. The second-order valence-corrected chi connectivity index (χ2v) is 27.5. The third-order valence-corrected chi connectivity index (χ3v) is 19.0. The summed E-state index contributed by atoms with van der Waals surface area (Å²) in [5.41, 5.74) is -0.0696. The van der Waals surface area contributed by atoms with Crippen LogP contribution < -0.4 is 0 Å². The lowest BCUT2D eigenvalue weighted by molar-refractivity contribution is 0.0450. The fourth-order valence-electron chi connectivity index (χ4n) is 13.0. The Morgan fingerprint density at radius 1 is 0.177 bits per heavy atom. The molecule has 0 radical (unpaired) electrons. The third-order valence-electron chi connectivity index (χ3n) is 19.0. The van der Waals surface area contributed by atoms with E-state index in [1.165, 1.54) is 154 Å². The van der Waals surface area contributed by atoms with Gasteiger partial charge in [-0.2, -0.15) is 0 Å². The summed E-state index contributed by atoms with van der Waals surface area (Å²) in [6, 6.07) is 9.76. The van der Waals surface area contributed by atoms with Crippen LogP contribution in [0.15, 0.2) is 36.4 Å². The van der Waals surface area contributed by atoms with Gasteiger partial charge >= 0.3 is 35.8 Å². The van der Waals surface area contributed by atoms with E-state index in [0.717, 1.165) is 116 Å². The Morgan fingerprint density at radius 2 is 0.281 bits per heavy atom. The molecule has 0 saturated heterocycles. The van der Waals surface area contributed by atoms with Crippen LogP contribution in [0.1, 0.15) is 412 Å². The molecule has 0 aliphatic heterocycles. The lowest BCUT2D eigenvalue weighted by Crippen LogP contribution is -2.17. The number of hydrogen-bond donors (Lipinski definition) is 0. The topological polar surface area (TPSA) is 158 Å². The van der Waals surface area contributed by atoms with E-state index >= 15 is 0 Å². The maximum absolute atomic E-state index is 14.8. The normalized spacial score (nSPS) is 11.4. The van der Waals surface area contributed by atoms with Crippen molar-refractivity contribution in [2.75, 3.05) is 39.6 Å². The molecule has 12 heteroatoms. The zero-order valence-electron chi connectivity index (χ0n) is 61.5. The van der Waals surface area contributed by atoms with E-state index in [-0.39, 0.29) is 73.0 Å². The van der Waals surface area contributed by atoms with Crippen molar-refractivity contribution in [2.45, 2.75) is 350 Å². The number of ether oxygens (including phenoxy) is 6. The molecule has 4 aromatic carbocycles. The van der Waals surface area contributed by atoms with Gasteiger partial charge in [0, 0.05) is 0 Å². The minimum atomic E-state index is -0.696. The zero-order valence-corrected chi connectivity index (χ0v) is 61.5. The Kier molecular flexibility index (Phi) is 46.2. The second kappa shape index (κ2) is 53.5. The van der Waals surface area contributed by atoms with E-state index in [1.54, 1.807) is 36.4 Å². The van der Waals surface area contributed by atoms with E-state index < -0.39 is 35.8 Å². The highest BCUT2D eigenvalue weighted by atomic mass is 16.6. The number of benzene rings is 4. The van der Waals surface area contributed by atoms with Crippen molar-refractivity contribution in [3.63, 3.8) is 0 Å². The molecule has 0 aliphatic rings. The van der Waals surface area contributed by atoms with Gasteiger partial charge in [-0.3, -0.25) is 0 Å². The first-order chi connectivity index (χ1) is 47.1. The molecule has 0 unspecified atom stereocenters. The van der Waals surface area contributed by atoms with Gasteiger partial charge < -0.3 is 28.4 Å². The smallest absolute Gasteiger partial charge is 0.339 e. The van der Waals surface area contributed by atoms with Crippen molar-refractivity contribution >= 4 is 68.1 Å². The number of rotatable bonds is 60. The average molecular weight is 1330 g/mol. The first-order valence-corrected chi connectivity index (χ1v) is 39.6. The molecule has 0 aliphatic carbocycles.